The second kappa shape index (κ2) is 6.99. The molecule has 0 fully saturated rings. The average Bonchev–Trinajstić information content (AvgIpc) is 2.30. The Morgan fingerprint density at radius 1 is 1.13 bits per heavy atom. The highest BCUT2D eigenvalue weighted by Gasteiger charge is 2.08. The van der Waals surface area contributed by atoms with E-state index in [2.05, 4.69) is 55.3 Å². The average molecular weight is 201 g/mol. The van der Waals surface area contributed by atoms with Crippen LogP contribution in [0.2, 0.25) is 0 Å². The van der Waals surface area contributed by atoms with Gasteiger partial charge >= 0.3 is 0 Å². The van der Waals surface area contributed by atoms with Crippen molar-refractivity contribution < 1.29 is 0 Å². The zero-order chi connectivity index (χ0) is 10.9. The van der Waals surface area contributed by atoms with Gasteiger partial charge < -0.3 is 0 Å². The Hall–Kier alpha value is -1.37. The number of allylic oxidation sites excluding steroid dienone is 4. The summed E-state index contributed by atoms with van der Waals surface area (Å²) in [7, 11) is 0. The summed E-state index contributed by atoms with van der Waals surface area (Å²) in [5.41, 5.74) is 1.19. The number of hydrogen-bond donors (Lipinski definition) is 0. The van der Waals surface area contributed by atoms with Gasteiger partial charge in [0.05, 0.1) is 0 Å². The molecule has 0 amide bonds. The predicted octanol–water partition coefficient (Wildman–Crippen LogP) is 4.10. The minimum absolute atomic E-state index is 0.513. The fourth-order valence-corrected chi connectivity index (χ4v) is 1.56. The molecule has 0 radical (unpaired) electrons. The van der Waals surface area contributed by atoms with Crippen molar-refractivity contribution >= 4 is 0 Å². The van der Waals surface area contributed by atoms with Crippen LogP contribution in [0.5, 0.6) is 0 Å². The van der Waals surface area contributed by atoms with Crippen LogP contribution < -0.4 is 0 Å². The predicted molar refractivity (Wildman–Crippen MR) is 65.8 cm³/mol. The molecule has 0 bridgehead atoms. The summed E-state index contributed by atoms with van der Waals surface area (Å²) in [6.45, 7) is 4.12. The molecule has 0 aliphatic carbocycles. The fourth-order valence-electron chi connectivity index (χ4n) is 1.56. The summed E-state index contributed by atoms with van der Waals surface area (Å²) in [4.78, 5) is 4.42. The van der Waals surface area contributed by atoms with E-state index in [-0.39, 0.29) is 0 Å². The lowest BCUT2D eigenvalue weighted by Gasteiger charge is -2.11. The van der Waals surface area contributed by atoms with Crippen LogP contribution in [-0.4, -0.2) is 4.98 Å². The normalized spacial score (nSPS) is 13.7. The number of pyridine rings is 1. The van der Waals surface area contributed by atoms with Gasteiger partial charge in [-0.1, -0.05) is 30.4 Å². The molecule has 0 atom stereocenters. The maximum Gasteiger partial charge on any atom is 0.0440 e. The molecule has 0 N–H and O–H groups in total. The van der Waals surface area contributed by atoms with Crippen LogP contribution in [-0.2, 0) is 0 Å². The molecule has 1 nitrogen and oxygen atoms in total. The monoisotopic (exact) mass is 201 g/mol. The van der Waals surface area contributed by atoms with Crippen molar-refractivity contribution in [1.29, 1.82) is 0 Å². The molecule has 0 saturated carbocycles. The number of rotatable bonds is 5. The molecule has 0 aliphatic heterocycles. The molecule has 0 aliphatic rings. The highest BCUT2D eigenvalue weighted by Crippen LogP contribution is 2.22. The van der Waals surface area contributed by atoms with E-state index in [0.717, 1.165) is 12.8 Å². The van der Waals surface area contributed by atoms with Crippen LogP contribution in [0.15, 0.2) is 48.7 Å². The van der Waals surface area contributed by atoms with Crippen molar-refractivity contribution in [2.24, 2.45) is 0 Å². The van der Waals surface area contributed by atoms with Crippen LogP contribution >= 0.6 is 0 Å². The lowest BCUT2D eigenvalue weighted by Crippen LogP contribution is -1.98. The Labute approximate surface area is 92.6 Å². The summed E-state index contributed by atoms with van der Waals surface area (Å²) in [6, 6.07) is 6.13. The summed E-state index contributed by atoms with van der Waals surface area (Å²) in [5.74, 6) is 0.513. The first-order valence-electron chi connectivity index (χ1n) is 5.51. The largest absolute Gasteiger partial charge is 0.261 e. The number of aromatic nitrogens is 1. The third kappa shape index (κ3) is 4.11. The van der Waals surface area contributed by atoms with Gasteiger partial charge in [-0.15, -0.1) is 0 Å². The van der Waals surface area contributed by atoms with Crippen LogP contribution in [0.25, 0.3) is 0 Å². The summed E-state index contributed by atoms with van der Waals surface area (Å²) in [5, 5.41) is 0. The van der Waals surface area contributed by atoms with Crippen LogP contribution in [0.4, 0.5) is 0 Å². The van der Waals surface area contributed by atoms with E-state index in [1.54, 1.807) is 0 Å². The van der Waals surface area contributed by atoms with Crippen molar-refractivity contribution in [3.05, 3.63) is 54.4 Å². The highest BCUT2D eigenvalue weighted by molar-refractivity contribution is 5.12. The van der Waals surface area contributed by atoms with E-state index < -0.39 is 0 Å². The van der Waals surface area contributed by atoms with Crippen molar-refractivity contribution in [2.45, 2.75) is 32.6 Å². The van der Waals surface area contributed by atoms with Crippen molar-refractivity contribution in [3.8, 4) is 0 Å². The Kier molecular flexibility index (Phi) is 5.46. The van der Waals surface area contributed by atoms with E-state index >= 15 is 0 Å². The molecular formula is C14H19N. The SMILES string of the molecule is CC=CCC(CC=CC)c1ccccn1. The van der Waals surface area contributed by atoms with Crippen LogP contribution in [0.3, 0.4) is 0 Å². The van der Waals surface area contributed by atoms with Crippen LogP contribution in [0.1, 0.15) is 38.3 Å². The lowest BCUT2D eigenvalue weighted by molar-refractivity contribution is 0.687. The van der Waals surface area contributed by atoms with Crippen LogP contribution in [0, 0.1) is 0 Å². The zero-order valence-corrected chi connectivity index (χ0v) is 9.56. The molecule has 15 heavy (non-hydrogen) atoms. The molecule has 1 heterocycles. The zero-order valence-electron chi connectivity index (χ0n) is 9.56. The van der Waals surface area contributed by atoms with E-state index in [4.69, 9.17) is 0 Å². The van der Waals surface area contributed by atoms with Gasteiger partial charge in [0.2, 0.25) is 0 Å². The van der Waals surface area contributed by atoms with E-state index in [1.165, 1.54) is 5.69 Å². The Balaban J connectivity index is 2.71. The Morgan fingerprint density at radius 2 is 1.80 bits per heavy atom. The molecule has 0 aromatic carbocycles. The van der Waals surface area contributed by atoms with E-state index in [9.17, 15) is 0 Å². The van der Waals surface area contributed by atoms with Crippen molar-refractivity contribution in [1.82, 2.24) is 4.98 Å². The van der Waals surface area contributed by atoms with Gasteiger partial charge in [-0.25, -0.2) is 0 Å². The summed E-state index contributed by atoms with van der Waals surface area (Å²) < 4.78 is 0. The summed E-state index contributed by atoms with van der Waals surface area (Å²) in [6.07, 6.45) is 12.6. The first-order valence-corrected chi connectivity index (χ1v) is 5.51. The molecule has 0 unspecified atom stereocenters. The minimum Gasteiger partial charge on any atom is -0.261 e. The van der Waals surface area contributed by atoms with E-state index in [1.807, 2.05) is 12.3 Å². The van der Waals surface area contributed by atoms with Gasteiger partial charge in [0.15, 0.2) is 0 Å². The fraction of sp³-hybridized carbons (Fsp3) is 0.357. The van der Waals surface area contributed by atoms with Gasteiger partial charge in [0.1, 0.15) is 0 Å². The molecule has 1 rings (SSSR count). The smallest absolute Gasteiger partial charge is 0.0440 e. The van der Waals surface area contributed by atoms with E-state index in [0.29, 0.717) is 5.92 Å². The Bertz CT molecular complexity index is 297. The van der Waals surface area contributed by atoms with Gasteiger partial charge in [-0.3, -0.25) is 4.98 Å². The molecule has 80 valence electrons. The highest BCUT2D eigenvalue weighted by atomic mass is 14.7. The number of nitrogens with zero attached hydrogens (tertiary/aromatic N) is 1. The molecule has 1 heteroatoms. The molecular weight excluding hydrogens is 182 g/mol. The second-order valence-corrected chi connectivity index (χ2v) is 3.56. The van der Waals surface area contributed by atoms with Gasteiger partial charge in [-0.05, 0) is 38.8 Å². The van der Waals surface area contributed by atoms with Crippen molar-refractivity contribution in [3.63, 3.8) is 0 Å². The standard InChI is InChI=1S/C14H19N/c1-3-5-9-13(10-6-4-2)14-11-7-8-12-15-14/h3-8,11-13H,9-10H2,1-2H3. The number of hydrogen-bond acceptors (Lipinski definition) is 1. The first kappa shape index (κ1) is 11.7. The molecule has 0 saturated heterocycles. The maximum atomic E-state index is 4.42. The lowest BCUT2D eigenvalue weighted by atomic mass is 9.96. The topological polar surface area (TPSA) is 12.9 Å². The first-order chi connectivity index (χ1) is 7.38. The summed E-state index contributed by atoms with van der Waals surface area (Å²) >= 11 is 0. The third-order valence-electron chi connectivity index (χ3n) is 2.42. The van der Waals surface area contributed by atoms with Gasteiger partial charge in [0.25, 0.3) is 0 Å². The Morgan fingerprint density at radius 3 is 2.27 bits per heavy atom. The minimum atomic E-state index is 0.513. The van der Waals surface area contributed by atoms with Gasteiger partial charge in [-0.2, -0.15) is 0 Å². The van der Waals surface area contributed by atoms with Crippen molar-refractivity contribution in [2.75, 3.05) is 0 Å². The quantitative estimate of drug-likeness (QED) is 0.654. The van der Waals surface area contributed by atoms with Gasteiger partial charge in [0, 0.05) is 17.8 Å². The third-order valence-corrected chi connectivity index (χ3v) is 2.42. The molecule has 1 aromatic rings. The molecule has 0 spiro atoms. The second-order valence-electron chi connectivity index (χ2n) is 3.56. The molecule has 1 aromatic heterocycles. The maximum absolute atomic E-state index is 4.42.